The first-order valence-corrected chi connectivity index (χ1v) is 5.27. The molecular weight excluding hydrogens is 220 g/mol. The van der Waals surface area contributed by atoms with Crippen molar-refractivity contribution < 1.29 is 9.66 Å². The molecule has 0 aliphatic rings. The van der Waals surface area contributed by atoms with Gasteiger partial charge in [0.25, 0.3) is 5.69 Å². The summed E-state index contributed by atoms with van der Waals surface area (Å²) in [5.74, 6) is 2.71. The van der Waals surface area contributed by atoms with Crippen molar-refractivity contribution in [1.29, 1.82) is 0 Å². The van der Waals surface area contributed by atoms with E-state index >= 15 is 0 Å². The van der Waals surface area contributed by atoms with Crippen LogP contribution in [0.3, 0.4) is 0 Å². The summed E-state index contributed by atoms with van der Waals surface area (Å²) in [6.45, 7) is 2.85. The number of terminal acetylenes is 1. The summed E-state index contributed by atoms with van der Waals surface area (Å²) in [7, 11) is 0. The van der Waals surface area contributed by atoms with Gasteiger partial charge in [0.05, 0.1) is 11.0 Å². The lowest BCUT2D eigenvalue weighted by molar-refractivity contribution is -0.384. The van der Waals surface area contributed by atoms with Crippen LogP contribution in [0.2, 0.25) is 0 Å². The fourth-order valence-electron chi connectivity index (χ4n) is 1.27. The second kappa shape index (κ2) is 6.38. The van der Waals surface area contributed by atoms with E-state index in [2.05, 4.69) is 11.2 Å². The molecule has 5 heteroatoms. The van der Waals surface area contributed by atoms with E-state index in [-0.39, 0.29) is 12.3 Å². The van der Waals surface area contributed by atoms with Crippen molar-refractivity contribution >= 4 is 11.4 Å². The van der Waals surface area contributed by atoms with Crippen LogP contribution in [0, 0.1) is 22.5 Å². The Morgan fingerprint density at radius 3 is 2.88 bits per heavy atom. The number of nitrogens with one attached hydrogen (secondary N) is 1. The van der Waals surface area contributed by atoms with Gasteiger partial charge in [0.1, 0.15) is 12.4 Å². The summed E-state index contributed by atoms with van der Waals surface area (Å²) < 4.78 is 5.19. The van der Waals surface area contributed by atoms with Crippen LogP contribution < -0.4 is 10.1 Å². The highest BCUT2D eigenvalue weighted by Crippen LogP contribution is 2.25. The molecule has 0 fully saturated rings. The molecule has 0 radical (unpaired) electrons. The first kappa shape index (κ1) is 12.8. The Bertz CT molecular complexity index is 438. The van der Waals surface area contributed by atoms with Gasteiger partial charge in [-0.25, -0.2) is 0 Å². The van der Waals surface area contributed by atoms with Crippen LogP contribution in [0.1, 0.15) is 13.3 Å². The van der Waals surface area contributed by atoms with Gasteiger partial charge < -0.3 is 10.1 Å². The maximum absolute atomic E-state index is 10.7. The van der Waals surface area contributed by atoms with Crippen molar-refractivity contribution in [2.24, 2.45) is 0 Å². The van der Waals surface area contributed by atoms with Crippen LogP contribution in [-0.2, 0) is 0 Å². The molecular formula is C12H14N2O3. The molecule has 0 aliphatic carbocycles. The van der Waals surface area contributed by atoms with Crippen LogP contribution in [0.5, 0.6) is 5.75 Å². The van der Waals surface area contributed by atoms with Crippen molar-refractivity contribution in [3.63, 3.8) is 0 Å². The molecule has 0 amide bonds. The summed E-state index contributed by atoms with van der Waals surface area (Å²) in [4.78, 5) is 10.3. The summed E-state index contributed by atoms with van der Waals surface area (Å²) >= 11 is 0. The molecule has 0 bridgehead atoms. The highest BCUT2D eigenvalue weighted by atomic mass is 16.6. The number of nitrogens with zero attached hydrogens (tertiary/aromatic N) is 1. The van der Waals surface area contributed by atoms with E-state index < -0.39 is 4.92 Å². The molecule has 0 aliphatic heterocycles. The Balaban J connectivity index is 2.93. The van der Waals surface area contributed by atoms with Crippen molar-refractivity contribution in [2.45, 2.75) is 13.3 Å². The number of anilines is 1. The topological polar surface area (TPSA) is 64.4 Å². The quantitative estimate of drug-likeness (QED) is 0.466. The highest BCUT2D eigenvalue weighted by Gasteiger charge is 2.10. The molecule has 0 spiro atoms. The lowest BCUT2D eigenvalue weighted by Crippen LogP contribution is -2.02. The van der Waals surface area contributed by atoms with Gasteiger partial charge in [-0.15, -0.1) is 6.42 Å². The van der Waals surface area contributed by atoms with Crippen molar-refractivity contribution in [1.82, 2.24) is 0 Å². The molecule has 0 saturated carbocycles. The first-order chi connectivity index (χ1) is 8.17. The van der Waals surface area contributed by atoms with E-state index in [1.807, 2.05) is 6.92 Å². The molecule has 17 heavy (non-hydrogen) atoms. The van der Waals surface area contributed by atoms with Crippen LogP contribution in [-0.4, -0.2) is 18.1 Å². The van der Waals surface area contributed by atoms with Crippen LogP contribution in [0.15, 0.2) is 18.2 Å². The standard InChI is InChI=1S/C12H14N2O3/c1-3-5-13-10-7-11(14(15)16)9-12(8-10)17-6-4-2/h2,7-9,13H,3,5-6H2,1H3. The fourth-order valence-corrected chi connectivity index (χ4v) is 1.27. The second-order valence-electron chi connectivity index (χ2n) is 3.39. The smallest absolute Gasteiger partial charge is 0.275 e. The summed E-state index contributed by atoms with van der Waals surface area (Å²) in [6.07, 6.45) is 6.00. The monoisotopic (exact) mass is 234 g/mol. The molecule has 5 nitrogen and oxygen atoms in total. The number of nitro groups is 1. The third-order valence-electron chi connectivity index (χ3n) is 2.00. The maximum atomic E-state index is 10.7. The van der Waals surface area contributed by atoms with E-state index in [4.69, 9.17) is 11.2 Å². The van der Waals surface area contributed by atoms with Crippen LogP contribution >= 0.6 is 0 Å². The number of hydrogen-bond donors (Lipinski definition) is 1. The van der Waals surface area contributed by atoms with E-state index in [1.54, 1.807) is 6.07 Å². The van der Waals surface area contributed by atoms with Crippen LogP contribution in [0.4, 0.5) is 11.4 Å². The highest BCUT2D eigenvalue weighted by molar-refractivity contribution is 5.56. The summed E-state index contributed by atoms with van der Waals surface area (Å²) in [5, 5.41) is 13.8. The molecule has 1 rings (SSSR count). The van der Waals surface area contributed by atoms with E-state index in [0.717, 1.165) is 13.0 Å². The molecule has 90 valence electrons. The Kier molecular flexibility index (Phi) is 4.82. The predicted octanol–water partition coefficient (Wildman–Crippen LogP) is 2.43. The van der Waals surface area contributed by atoms with Gasteiger partial charge in [-0.1, -0.05) is 12.8 Å². The lowest BCUT2D eigenvalue weighted by atomic mass is 10.2. The largest absolute Gasteiger partial charge is 0.481 e. The van der Waals surface area contributed by atoms with Crippen molar-refractivity contribution in [3.05, 3.63) is 28.3 Å². The van der Waals surface area contributed by atoms with Crippen molar-refractivity contribution in [3.8, 4) is 18.1 Å². The van der Waals surface area contributed by atoms with Gasteiger partial charge in [-0.2, -0.15) is 0 Å². The average molecular weight is 234 g/mol. The zero-order valence-electron chi connectivity index (χ0n) is 9.60. The zero-order chi connectivity index (χ0) is 12.7. The van der Waals surface area contributed by atoms with Crippen LogP contribution in [0.25, 0.3) is 0 Å². The minimum absolute atomic E-state index is 0.0156. The van der Waals surface area contributed by atoms with Crippen molar-refractivity contribution in [2.75, 3.05) is 18.5 Å². The Labute approximate surface area is 99.9 Å². The molecule has 1 aromatic carbocycles. The minimum Gasteiger partial charge on any atom is -0.481 e. The predicted molar refractivity (Wildman–Crippen MR) is 66.2 cm³/mol. The molecule has 0 heterocycles. The Morgan fingerprint density at radius 1 is 1.53 bits per heavy atom. The molecule has 0 atom stereocenters. The normalized spacial score (nSPS) is 9.41. The average Bonchev–Trinajstić information content (AvgIpc) is 2.33. The van der Waals surface area contributed by atoms with Gasteiger partial charge in [-0.05, 0) is 6.42 Å². The third-order valence-corrected chi connectivity index (χ3v) is 2.00. The summed E-state index contributed by atoms with van der Waals surface area (Å²) in [5.41, 5.74) is 0.645. The van der Waals surface area contributed by atoms with Gasteiger partial charge in [0.2, 0.25) is 0 Å². The second-order valence-corrected chi connectivity index (χ2v) is 3.39. The maximum Gasteiger partial charge on any atom is 0.275 e. The SMILES string of the molecule is C#CCOc1cc(NCCC)cc([N+](=O)[O-])c1. The van der Waals surface area contributed by atoms with E-state index in [0.29, 0.717) is 11.4 Å². The molecule has 0 unspecified atom stereocenters. The number of non-ortho nitro benzene ring substituents is 1. The van der Waals surface area contributed by atoms with E-state index in [9.17, 15) is 10.1 Å². The van der Waals surface area contributed by atoms with Gasteiger partial charge >= 0.3 is 0 Å². The number of nitro benzene ring substituents is 1. The van der Waals surface area contributed by atoms with E-state index in [1.165, 1.54) is 12.1 Å². The fraction of sp³-hybridized carbons (Fsp3) is 0.333. The third kappa shape index (κ3) is 4.03. The first-order valence-electron chi connectivity index (χ1n) is 5.27. The Morgan fingerprint density at radius 2 is 2.29 bits per heavy atom. The number of benzene rings is 1. The molecule has 0 saturated heterocycles. The number of rotatable bonds is 6. The molecule has 1 N–H and O–H groups in total. The van der Waals surface area contributed by atoms with Gasteiger partial charge in [0, 0.05) is 24.4 Å². The number of ether oxygens (including phenoxy) is 1. The Hall–Kier alpha value is -2.22. The molecule has 1 aromatic rings. The van der Waals surface area contributed by atoms with Gasteiger partial charge in [0.15, 0.2) is 0 Å². The van der Waals surface area contributed by atoms with Gasteiger partial charge in [-0.3, -0.25) is 10.1 Å². The lowest BCUT2D eigenvalue weighted by Gasteiger charge is -2.07. The minimum atomic E-state index is -0.458. The zero-order valence-corrected chi connectivity index (χ0v) is 9.60. The number of hydrogen-bond acceptors (Lipinski definition) is 4. The summed E-state index contributed by atoms with van der Waals surface area (Å²) in [6, 6.07) is 4.52. The molecule has 0 aromatic heterocycles.